The van der Waals surface area contributed by atoms with Gasteiger partial charge in [0.2, 0.25) is 0 Å². The molecular weight excluding hydrogens is 358 g/mol. The van der Waals surface area contributed by atoms with Gasteiger partial charge in [-0.15, -0.1) is 0 Å². The highest BCUT2D eigenvalue weighted by Gasteiger charge is 2.27. The molecule has 1 N–H and O–H groups in total. The standard InChI is InChI=1S/C21H17F4NO/c22-17-3-1-4-18(23)15(17)9-7-13-11-26-12-14(21(13)27)8-10-16-19(24)5-2-6-20(16)25/h1-10,13-14,26H,11-12H2. The van der Waals surface area contributed by atoms with Crippen LogP contribution in [-0.2, 0) is 4.79 Å². The van der Waals surface area contributed by atoms with Gasteiger partial charge in [0.15, 0.2) is 0 Å². The molecule has 0 saturated carbocycles. The zero-order chi connectivity index (χ0) is 19.4. The second-order valence-electron chi connectivity index (χ2n) is 6.26. The van der Waals surface area contributed by atoms with Gasteiger partial charge in [-0.2, -0.15) is 0 Å². The van der Waals surface area contributed by atoms with Crippen LogP contribution in [0.25, 0.3) is 12.2 Å². The van der Waals surface area contributed by atoms with Crippen LogP contribution in [0, 0.1) is 35.1 Å². The first-order chi connectivity index (χ1) is 13.0. The molecule has 2 atom stereocenters. The van der Waals surface area contributed by atoms with E-state index in [1.807, 2.05) is 0 Å². The molecule has 2 aromatic rings. The number of ketones is 1. The molecule has 0 aromatic heterocycles. The summed E-state index contributed by atoms with van der Waals surface area (Å²) in [7, 11) is 0. The average molecular weight is 375 g/mol. The lowest BCUT2D eigenvalue weighted by Gasteiger charge is -2.25. The second-order valence-corrected chi connectivity index (χ2v) is 6.26. The largest absolute Gasteiger partial charge is 0.315 e. The first kappa shape index (κ1) is 19.0. The Morgan fingerprint density at radius 1 is 0.741 bits per heavy atom. The lowest BCUT2D eigenvalue weighted by atomic mass is 9.87. The third-order valence-corrected chi connectivity index (χ3v) is 4.45. The number of benzene rings is 2. The highest BCUT2D eigenvalue weighted by Crippen LogP contribution is 2.21. The summed E-state index contributed by atoms with van der Waals surface area (Å²) in [6.07, 6.45) is 5.39. The fourth-order valence-corrected chi connectivity index (χ4v) is 2.96. The minimum Gasteiger partial charge on any atom is -0.315 e. The van der Waals surface area contributed by atoms with E-state index in [1.54, 1.807) is 0 Å². The van der Waals surface area contributed by atoms with Crippen LogP contribution in [0.4, 0.5) is 17.6 Å². The van der Waals surface area contributed by atoms with Gasteiger partial charge < -0.3 is 5.32 Å². The molecule has 140 valence electrons. The summed E-state index contributed by atoms with van der Waals surface area (Å²) in [5.41, 5.74) is -0.423. The van der Waals surface area contributed by atoms with Gasteiger partial charge >= 0.3 is 0 Å². The van der Waals surface area contributed by atoms with Crippen LogP contribution in [-0.4, -0.2) is 18.9 Å². The molecule has 6 heteroatoms. The zero-order valence-electron chi connectivity index (χ0n) is 14.3. The number of carbonyl (C=O) groups is 1. The van der Waals surface area contributed by atoms with Crippen molar-refractivity contribution in [2.75, 3.05) is 13.1 Å². The van der Waals surface area contributed by atoms with Gasteiger partial charge in [-0.3, -0.25) is 4.79 Å². The van der Waals surface area contributed by atoms with Crippen LogP contribution in [0.15, 0.2) is 48.6 Å². The van der Waals surface area contributed by atoms with Crippen molar-refractivity contribution in [3.63, 3.8) is 0 Å². The molecule has 27 heavy (non-hydrogen) atoms. The summed E-state index contributed by atoms with van der Waals surface area (Å²) in [6, 6.07) is 7.07. The summed E-state index contributed by atoms with van der Waals surface area (Å²) < 4.78 is 54.8. The molecule has 1 heterocycles. The van der Waals surface area contributed by atoms with E-state index in [2.05, 4.69) is 5.32 Å². The van der Waals surface area contributed by atoms with Crippen LogP contribution >= 0.6 is 0 Å². The molecule has 0 bridgehead atoms. The Balaban J connectivity index is 1.76. The number of halogens is 4. The normalized spacial score (nSPS) is 20.7. The van der Waals surface area contributed by atoms with Crippen molar-refractivity contribution in [1.29, 1.82) is 0 Å². The summed E-state index contributed by atoms with van der Waals surface area (Å²) in [5.74, 6) is -4.24. The smallest absolute Gasteiger partial charge is 0.149 e. The molecular formula is C21H17F4NO. The van der Waals surface area contributed by atoms with E-state index in [0.29, 0.717) is 13.1 Å². The number of carbonyl (C=O) groups excluding carboxylic acids is 1. The lowest BCUT2D eigenvalue weighted by molar-refractivity contribution is -0.125. The number of rotatable bonds is 4. The number of Topliss-reactive ketones (excluding diaryl/α,β-unsaturated/α-hetero) is 1. The van der Waals surface area contributed by atoms with E-state index in [4.69, 9.17) is 0 Å². The molecule has 2 aromatic carbocycles. The highest BCUT2D eigenvalue weighted by atomic mass is 19.1. The Bertz CT molecular complexity index is 795. The number of nitrogens with one attached hydrogen (secondary N) is 1. The van der Waals surface area contributed by atoms with E-state index in [0.717, 1.165) is 24.3 Å². The first-order valence-electron chi connectivity index (χ1n) is 8.46. The van der Waals surface area contributed by atoms with Crippen molar-refractivity contribution >= 4 is 17.9 Å². The van der Waals surface area contributed by atoms with Crippen molar-refractivity contribution < 1.29 is 22.4 Å². The fraction of sp³-hybridized carbons (Fsp3) is 0.190. The van der Waals surface area contributed by atoms with E-state index in [1.165, 1.54) is 36.4 Å². The maximum absolute atomic E-state index is 13.7. The Kier molecular flexibility index (Phi) is 5.86. The molecule has 0 spiro atoms. The Labute approximate surface area is 154 Å². The van der Waals surface area contributed by atoms with E-state index < -0.39 is 35.1 Å². The lowest BCUT2D eigenvalue weighted by Crippen LogP contribution is -2.42. The van der Waals surface area contributed by atoms with Crippen molar-refractivity contribution in [1.82, 2.24) is 5.32 Å². The topological polar surface area (TPSA) is 29.1 Å². The molecule has 2 nitrogen and oxygen atoms in total. The maximum atomic E-state index is 13.7. The molecule has 3 rings (SSSR count). The van der Waals surface area contributed by atoms with Gasteiger partial charge in [0.25, 0.3) is 0 Å². The maximum Gasteiger partial charge on any atom is 0.149 e. The van der Waals surface area contributed by atoms with Gasteiger partial charge in [-0.25, -0.2) is 17.6 Å². The molecule has 1 fully saturated rings. The van der Waals surface area contributed by atoms with Crippen LogP contribution < -0.4 is 5.32 Å². The van der Waals surface area contributed by atoms with Gasteiger partial charge in [0.1, 0.15) is 29.1 Å². The minimum absolute atomic E-state index is 0.185. The molecule has 0 aliphatic carbocycles. The van der Waals surface area contributed by atoms with Gasteiger partial charge in [0, 0.05) is 36.1 Å². The molecule has 2 unspecified atom stereocenters. The van der Waals surface area contributed by atoms with Crippen LogP contribution in [0.1, 0.15) is 11.1 Å². The second kappa shape index (κ2) is 8.31. The number of hydrogen-bond acceptors (Lipinski definition) is 2. The summed E-state index contributed by atoms with van der Waals surface area (Å²) in [4.78, 5) is 12.6. The predicted octanol–water partition coefficient (Wildman–Crippen LogP) is 4.37. The third kappa shape index (κ3) is 4.34. The monoisotopic (exact) mass is 375 g/mol. The van der Waals surface area contributed by atoms with Crippen molar-refractivity contribution in [3.05, 3.63) is 82.9 Å². The predicted molar refractivity (Wildman–Crippen MR) is 95.6 cm³/mol. The van der Waals surface area contributed by atoms with Gasteiger partial charge in [-0.1, -0.05) is 36.4 Å². The Morgan fingerprint density at radius 2 is 1.11 bits per heavy atom. The Hall–Kier alpha value is -2.73. The third-order valence-electron chi connectivity index (χ3n) is 4.45. The van der Waals surface area contributed by atoms with Crippen molar-refractivity contribution in [2.45, 2.75) is 0 Å². The molecule has 0 amide bonds. The number of hydrogen-bond donors (Lipinski definition) is 1. The van der Waals surface area contributed by atoms with E-state index >= 15 is 0 Å². The first-order valence-corrected chi connectivity index (χ1v) is 8.46. The fourth-order valence-electron chi connectivity index (χ4n) is 2.96. The summed E-state index contributed by atoms with van der Waals surface area (Å²) >= 11 is 0. The van der Waals surface area contributed by atoms with Crippen LogP contribution in [0.3, 0.4) is 0 Å². The van der Waals surface area contributed by atoms with Crippen molar-refractivity contribution in [2.24, 2.45) is 11.8 Å². The zero-order valence-corrected chi connectivity index (χ0v) is 14.3. The quantitative estimate of drug-likeness (QED) is 0.804. The van der Waals surface area contributed by atoms with Gasteiger partial charge in [-0.05, 0) is 24.3 Å². The summed E-state index contributed by atoms with van der Waals surface area (Å²) in [6.45, 7) is 0.646. The van der Waals surface area contributed by atoms with E-state index in [9.17, 15) is 22.4 Å². The summed E-state index contributed by atoms with van der Waals surface area (Å²) in [5, 5.41) is 3.05. The molecule has 0 radical (unpaired) electrons. The number of piperidine rings is 1. The van der Waals surface area contributed by atoms with Crippen LogP contribution in [0.5, 0.6) is 0 Å². The SMILES string of the molecule is O=C1C(C=Cc2c(F)cccc2F)CNCC1C=Cc1c(F)cccc1F. The van der Waals surface area contributed by atoms with Crippen molar-refractivity contribution in [3.8, 4) is 0 Å². The highest BCUT2D eigenvalue weighted by molar-refractivity contribution is 5.89. The average Bonchev–Trinajstić information content (AvgIpc) is 2.63. The van der Waals surface area contributed by atoms with E-state index in [-0.39, 0.29) is 16.9 Å². The Morgan fingerprint density at radius 3 is 1.48 bits per heavy atom. The minimum atomic E-state index is -0.714. The van der Waals surface area contributed by atoms with Crippen LogP contribution in [0.2, 0.25) is 0 Å². The van der Waals surface area contributed by atoms with Gasteiger partial charge in [0.05, 0.1) is 0 Å². The molecule has 1 saturated heterocycles. The molecule has 1 aliphatic heterocycles. The molecule has 1 aliphatic rings.